The maximum Gasteiger partial charge on any atom is 0.246 e. The van der Waals surface area contributed by atoms with Gasteiger partial charge in [0.05, 0.1) is 6.54 Å². The molecular weight excluding hydrogens is 442 g/mol. The first-order chi connectivity index (χ1) is 13.7. The van der Waals surface area contributed by atoms with Crippen molar-refractivity contribution in [3.63, 3.8) is 0 Å². The van der Waals surface area contributed by atoms with Crippen LogP contribution in [0.15, 0.2) is 52.3 Å². The number of thiophene rings is 1. The Labute approximate surface area is 173 Å². The maximum atomic E-state index is 13.8. The molecule has 1 atom stereocenters. The van der Waals surface area contributed by atoms with Crippen LogP contribution in [-0.4, -0.2) is 19.3 Å². The second kappa shape index (κ2) is 5.75. The van der Waals surface area contributed by atoms with E-state index in [4.69, 9.17) is 14.2 Å². The van der Waals surface area contributed by atoms with Gasteiger partial charge in [0.2, 0.25) is 12.7 Å². The fourth-order valence-electron chi connectivity index (χ4n) is 4.31. The van der Waals surface area contributed by atoms with E-state index in [1.54, 1.807) is 11.3 Å². The summed E-state index contributed by atoms with van der Waals surface area (Å²) in [5, 5.41) is 2.03. The van der Waals surface area contributed by atoms with E-state index in [0.29, 0.717) is 23.8 Å². The Bertz CT molecular complexity index is 1140. The third-order valence-corrected chi connectivity index (χ3v) is 7.26. The predicted molar refractivity (Wildman–Crippen MR) is 108 cm³/mol. The Morgan fingerprint density at radius 3 is 2.68 bits per heavy atom. The van der Waals surface area contributed by atoms with E-state index in [-0.39, 0.29) is 19.3 Å². The van der Waals surface area contributed by atoms with Gasteiger partial charge in [-0.3, -0.25) is 4.79 Å². The number of hydrogen-bond acceptors (Lipinski definition) is 5. The first kappa shape index (κ1) is 16.4. The third-order valence-electron chi connectivity index (χ3n) is 5.58. The molecule has 1 unspecified atom stereocenters. The molecule has 28 heavy (non-hydrogen) atoms. The average Bonchev–Trinajstić information content (AvgIpc) is 3.45. The van der Waals surface area contributed by atoms with E-state index in [1.807, 2.05) is 46.7 Å². The number of fused-ring (bicyclic) bond motifs is 5. The van der Waals surface area contributed by atoms with E-state index in [0.717, 1.165) is 26.2 Å². The number of anilines is 1. The molecule has 1 amide bonds. The highest BCUT2D eigenvalue weighted by Gasteiger charge is 2.57. The zero-order chi connectivity index (χ0) is 18.9. The minimum atomic E-state index is -0.846. The van der Waals surface area contributed by atoms with Gasteiger partial charge in [0, 0.05) is 32.0 Å². The lowest BCUT2D eigenvalue weighted by molar-refractivity contribution is -0.122. The molecule has 0 aliphatic carbocycles. The lowest BCUT2D eigenvalue weighted by Crippen LogP contribution is -2.42. The van der Waals surface area contributed by atoms with Crippen molar-refractivity contribution < 1.29 is 19.0 Å². The molecular formula is C21H14BrNO4S. The van der Waals surface area contributed by atoms with Gasteiger partial charge in [0.25, 0.3) is 0 Å². The number of amides is 1. The molecule has 0 radical (unpaired) electrons. The number of ether oxygens (including phenoxy) is 3. The predicted octanol–water partition coefficient (Wildman–Crippen LogP) is 4.46. The second-order valence-electron chi connectivity index (χ2n) is 7.04. The molecule has 0 N–H and O–H groups in total. The quantitative estimate of drug-likeness (QED) is 0.571. The minimum Gasteiger partial charge on any atom is -0.491 e. The van der Waals surface area contributed by atoms with Crippen molar-refractivity contribution >= 4 is 38.9 Å². The van der Waals surface area contributed by atoms with Gasteiger partial charge in [-0.05, 0) is 39.7 Å². The minimum absolute atomic E-state index is 0.0378. The normalized spacial score (nSPS) is 21.2. The molecule has 0 saturated carbocycles. The largest absolute Gasteiger partial charge is 0.491 e. The molecule has 4 heterocycles. The number of benzene rings is 2. The summed E-state index contributed by atoms with van der Waals surface area (Å²) in [5.41, 5.74) is 1.92. The van der Waals surface area contributed by atoms with Gasteiger partial charge >= 0.3 is 0 Å². The van der Waals surface area contributed by atoms with Gasteiger partial charge in [0.1, 0.15) is 17.8 Å². The summed E-state index contributed by atoms with van der Waals surface area (Å²) in [6, 6.07) is 13.8. The molecule has 1 aromatic heterocycles. The number of carbonyl (C=O) groups is 1. The third kappa shape index (κ3) is 2.08. The van der Waals surface area contributed by atoms with Crippen LogP contribution >= 0.6 is 27.3 Å². The Hall–Kier alpha value is -2.51. The summed E-state index contributed by atoms with van der Waals surface area (Å²) < 4.78 is 18.1. The van der Waals surface area contributed by atoms with Crippen LogP contribution in [-0.2, 0) is 16.8 Å². The van der Waals surface area contributed by atoms with Gasteiger partial charge < -0.3 is 19.1 Å². The van der Waals surface area contributed by atoms with Crippen LogP contribution in [0.25, 0.3) is 0 Å². The monoisotopic (exact) mass is 455 g/mol. The highest BCUT2D eigenvalue weighted by Crippen LogP contribution is 2.55. The van der Waals surface area contributed by atoms with Crippen LogP contribution in [0.4, 0.5) is 5.69 Å². The van der Waals surface area contributed by atoms with Gasteiger partial charge in [-0.25, -0.2) is 0 Å². The fraction of sp³-hybridized carbons (Fsp3) is 0.190. The Balaban J connectivity index is 1.51. The van der Waals surface area contributed by atoms with Crippen molar-refractivity contribution in [3.05, 3.63) is 68.3 Å². The molecule has 2 aromatic carbocycles. The lowest BCUT2D eigenvalue weighted by Gasteiger charge is -2.23. The van der Waals surface area contributed by atoms with Crippen molar-refractivity contribution in [2.24, 2.45) is 0 Å². The first-order valence-electron chi connectivity index (χ1n) is 8.88. The molecule has 140 valence electrons. The molecule has 3 aliphatic heterocycles. The number of hydrogen-bond donors (Lipinski definition) is 0. The summed E-state index contributed by atoms with van der Waals surface area (Å²) >= 11 is 5.14. The molecule has 0 fully saturated rings. The molecule has 0 bridgehead atoms. The molecule has 7 heteroatoms. The Kier molecular flexibility index (Phi) is 3.38. The van der Waals surface area contributed by atoms with Crippen molar-refractivity contribution in [1.82, 2.24) is 0 Å². The van der Waals surface area contributed by atoms with Crippen molar-refractivity contribution in [2.75, 3.05) is 18.3 Å². The molecule has 3 aromatic rings. The standard InChI is InChI=1S/C21H14BrNO4S/c22-12-5-13(28-9-12)8-23-16-4-2-1-3-14(16)21(20(23)24)10-25-17-7-19-18(6-15(17)21)26-11-27-19/h1-7,9H,8,10-11H2. The zero-order valence-electron chi connectivity index (χ0n) is 14.6. The van der Waals surface area contributed by atoms with E-state index in [1.165, 1.54) is 0 Å². The number of halogens is 1. The van der Waals surface area contributed by atoms with E-state index in [2.05, 4.69) is 22.0 Å². The molecule has 0 saturated heterocycles. The van der Waals surface area contributed by atoms with Crippen LogP contribution in [0.2, 0.25) is 0 Å². The number of carbonyl (C=O) groups excluding carboxylic acids is 1. The second-order valence-corrected chi connectivity index (χ2v) is 8.95. The first-order valence-corrected chi connectivity index (χ1v) is 10.6. The summed E-state index contributed by atoms with van der Waals surface area (Å²) in [6.07, 6.45) is 0. The number of para-hydroxylation sites is 1. The number of nitrogens with zero attached hydrogens (tertiary/aromatic N) is 1. The summed E-state index contributed by atoms with van der Waals surface area (Å²) in [5.74, 6) is 2.05. The molecule has 1 spiro atoms. The highest BCUT2D eigenvalue weighted by molar-refractivity contribution is 9.10. The van der Waals surface area contributed by atoms with Crippen LogP contribution < -0.4 is 19.1 Å². The summed E-state index contributed by atoms with van der Waals surface area (Å²) in [4.78, 5) is 16.8. The molecule has 3 aliphatic rings. The van der Waals surface area contributed by atoms with Crippen LogP contribution in [0.5, 0.6) is 17.2 Å². The van der Waals surface area contributed by atoms with Gasteiger partial charge in [-0.2, -0.15) is 0 Å². The van der Waals surface area contributed by atoms with Gasteiger partial charge in [-0.1, -0.05) is 18.2 Å². The lowest BCUT2D eigenvalue weighted by atomic mass is 9.77. The number of rotatable bonds is 2. The van der Waals surface area contributed by atoms with Crippen molar-refractivity contribution in [1.29, 1.82) is 0 Å². The van der Waals surface area contributed by atoms with Gasteiger partial charge in [0.15, 0.2) is 11.5 Å². The summed E-state index contributed by atoms with van der Waals surface area (Å²) in [6.45, 7) is 1.01. The average molecular weight is 456 g/mol. The molecule has 6 rings (SSSR count). The fourth-order valence-corrected chi connectivity index (χ4v) is 5.75. The van der Waals surface area contributed by atoms with Crippen LogP contribution in [0, 0.1) is 0 Å². The van der Waals surface area contributed by atoms with E-state index < -0.39 is 5.41 Å². The molecule has 5 nitrogen and oxygen atoms in total. The Morgan fingerprint density at radius 2 is 1.86 bits per heavy atom. The van der Waals surface area contributed by atoms with Crippen molar-refractivity contribution in [3.8, 4) is 17.2 Å². The van der Waals surface area contributed by atoms with Crippen LogP contribution in [0.1, 0.15) is 16.0 Å². The SMILES string of the molecule is O=C1N(Cc2cc(Br)cs2)c2ccccc2C12COc1cc3c(cc12)OCO3. The topological polar surface area (TPSA) is 48.0 Å². The highest BCUT2D eigenvalue weighted by atomic mass is 79.9. The maximum absolute atomic E-state index is 13.8. The van der Waals surface area contributed by atoms with Crippen molar-refractivity contribution in [2.45, 2.75) is 12.0 Å². The van der Waals surface area contributed by atoms with Crippen LogP contribution in [0.3, 0.4) is 0 Å². The summed E-state index contributed by atoms with van der Waals surface area (Å²) in [7, 11) is 0. The smallest absolute Gasteiger partial charge is 0.246 e. The van der Waals surface area contributed by atoms with E-state index in [9.17, 15) is 4.79 Å². The zero-order valence-corrected chi connectivity index (χ0v) is 17.0. The van der Waals surface area contributed by atoms with E-state index >= 15 is 0 Å². The van der Waals surface area contributed by atoms with Gasteiger partial charge in [-0.15, -0.1) is 11.3 Å². The Morgan fingerprint density at radius 1 is 1.04 bits per heavy atom.